The lowest BCUT2D eigenvalue weighted by Crippen LogP contribution is -2.17. The maximum Gasteiger partial charge on any atom is 0.223 e. The number of pyridine rings is 1. The molecule has 6 heteroatoms. The number of aromatic nitrogens is 1. The van der Waals surface area contributed by atoms with Crippen molar-refractivity contribution in [1.82, 2.24) is 4.98 Å². The maximum atomic E-state index is 12.4. The minimum Gasteiger partial charge on any atom is -0.495 e. The number of fused-ring (bicyclic) bond motifs is 1. The molecule has 0 bridgehead atoms. The first-order valence-corrected chi connectivity index (χ1v) is 8.89. The number of rotatable bonds is 5. The van der Waals surface area contributed by atoms with E-state index in [4.69, 9.17) is 16.3 Å². The van der Waals surface area contributed by atoms with Crippen molar-refractivity contribution in [2.45, 2.75) is 19.9 Å². The molecule has 0 saturated heterocycles. The van der Waals surface area contributed by atoms with Crippen LogP contribution in [-0.4, -0.2) is 29.6 Å². The summed E-state index contributed by atoms with van der Waals surface area (Å²) in [6.07, 6.45) is 3.15. The van der Waals surface area contributed by atoms with Crippen LogP contribution in [0.4, 0.5) is 11.4 Å². The molecule has 1 aliphatic rings. The molecule has 0 spiro atoms. The Labute approximate surface area is 163 Å². The summed E-state index contributed by atoms with van der Waals surface area (Å²) in [6, 6.07) is 9.50. The highest BCUT2D eigenvalue weighted by molar-refractivity contribution is 6.49. The number of methoxy groups -OCH3 is 1. The SMILES string of the molecule is C=Cc1ccc2c(n1)C(=O)C(Cl)=CC2=Nc1ccc(NC(C)C)c(OC)c1. The van der Waals surface area contributed by atoms with E-state index in [2.05, 4.69) is 35.7 Å². The topological polar surface area (TPSA) is 63.6 Å². The zero-order valence-electron chi connectivity index (χ0n) is 15.4. The van der Waals surface area contributed by atoms with Crippen LogP contribution in [0.5, 0.6) is 5.75 Å². The molecule has 0 unspecified atom stereocenters. The average Bonchev–Trinajstić information content (AvgIpc) is 2.66. The van der Waals surface area contributed by atoms with E-state index in [0.29, 0.717) is 28.4 Å². The molecule has 1 heterocycles. The highest BCUT2D eigenvalue weighted by atomic mass is 35.5. The predicted octanol–water partition coefficient (Wildman–Crippen LogP) is 4.99. The number of nitrogens with zero attached hydrogens (tertiary/aromatic N) is 2. The molecule has 1 aliphatic carbocycles. The molecule has 1 aromatic heterocycles. The third-order valence-electron chi connectivity index (χ3n) is 3.98. The zero-order chi connectivity index (χ0) is 19.6. The Morgan fingerprint density at radius 2 is 2.07 bits per heavy atom. The van der Waals surface area contributed by atoms with E-state index < -0.39 is 0 Å². The number of allylic oxidation sites excluding steroid dienone is 2. The third kappa shape index (κ3) is 3.93. The van der Waals surface area contributed by atoms with Gasteiger partial charge in [-0.3, -0.25) is 4.79 Å². The van der Waals surface area contributed by atoms with Gasteiger partial charge in [0.05, 0.1) is 34.9 Å². The molecule has 27 heavy (non-hydrogen) atoms. The first-order chi connectivity index (χ1) is 12.9. The zero-order valence-corrected chi connectivity index (χ0v) is 16.2. The van der Waals surface area contributed by atoms with E-state index in [1.807, 2.05) is 24.3 Å². The minimum atomic E-state index is -0.316. The van der Waals surface area contributed by atoms with Crippen LogP contribution in [0.3, 0.4) is 0 Å². The molecule has 0 atom stereocenters. The largest absolute Gasteiger partial charge is 0.495 e. The van der Waals surface area contributed by atoms with Gasteiger partial charge in [0.25, 0.3) is 0 Å². The number of aliphatic imine (C=N–C) groups is 1. The number of hydrogen-bond acceptors (Lipinski definition) is 5. The smallest absolute Gasteiger partial charge is 0.223 e. The fraction of sp³-hybridized carbons (Fsp3) is 0.190. The molecule has 0 fully saturated rings. The van der Waals surface area contributed by atoms with Crippen molar-refractivity contribution in [2.75, 3.05) is 12.4 Å². The monoisotopic (exact) mass is 381 g/mol. The first-order valence-electron chi connectivity index (χ1n) is 8.52. The average molecular weight is 382 g/mol. The van der Waals surface area contributed by atoms with E-state index in [1.165, 1.54) is 0 Å². The van der Waals surface area contributed by atoms with Crippen molar-refractivity contribution in [1.29, 1.82) is 0 Å². The van der Waals surface area contributed by atoms with Gasteiger partial charge in [-0.05, 0) is 50.3 Å². The molecule has 0 aliphatic heterocycles. The number of anilines is 1. The number of ether oxygens (including phenoxy) is 1. The Kier molecular flexibility index (Phi) is 5.42. The first kappa shape index (κ1) is 18.9. The van der Waals surface area contributed by atoms with E-state index in [9.17, 15) is 4.79 Å². The summed E-state index contributed by atoms with van der Waals surface area (Å²) in [7, 11) is 1.61. The molecular formula is C21H20ClN3O2. The van der Waals surface area contributed by atoms with Crippen molar-refractivity contribution in [2.24, 2.45) is 4.99 Å². The van der Waals surface area contributed by atoms with Gasteiger partial charge in [-0.1, -0.05) is 18.2 Å². The van der Waals surface area contributed by atoms with Crippen molar-refractivity contribution in [3.63, 3.8) is 0 Å². The van der Waals surface area contributed by atoms with Gasteiger partial charge in [-0.25, -0.2) is 9.98 Å². The van der Waals surface area contributed by atoms with Crippen molar-refractivity contribution >= 4 is 40.5 Å². The van der Waals surface area contributed by atoms with Crippen molar-refractivity contribution in [3.8, 4) is 5.75 Å². The number of hydrogen-bond donors (Lipinski definition) is 1. The number of carbonyl (C=O) groups excluding carboxylic acids is 1. The van der Waals surface area contributed by atoms with E-state index in [-0.39, 0.29) is 22.6 Å². The number of carbonyl (C=O) groups is 1. The van der Waals surface area contributed by atoms with Gasteiger partial charge in [0.15, 0.2) is 0 Å². The van der Waals surface area contributed by atoms with Gasteiger partial charge in [0, 0.05) is 17.7 Å². The summed E-state index contributed by atoms with van der Waals surface area (Å²) in [6.45, 7) is 7.80. The van der Waals surface area contributed by atoms with Crippen LogP contribution in [0.15, 0.2) is 53.0 Å². The Morgan fingerprint density at radius 3 is 2.74 bits per heavy atom. The summed E-state index contributed by atoms with van der Waals surface area (Å²) < 4.78 is 5.46. The minimum absolute atomic E-state index is 0.0834. The second-order valence-corrected chi connectivity index (χ2v) is 6.75. The summed E-state index contributed by atoms with van der Waals surface area (Å²) in [4.78, 5) is 21.3. The summed E-state index contributed by atoms with van der Waals surface area (Å²) in [5, 5.41) is 3.41. The molecule has 5 nitrogen and oxygen atoms in total. The lowest BCUT2D eigenvalue weighted by Gasteiger charge is -2.16. The number of halogens is 1. The van der Waals surface area contributed by atoms with E-state index in [0.717, 1.165) is 5.69 Å². The third-order valence-corrected chi connectivity index (χ3v) is 4.26. The molecule has 0 amide bonds. The lowest BCUT2D eigenvalue weighted by atomic mass is 9.98. The number of benzene rings is 1. The van der Waals surface area contributed by atoms with Gasteiger partial charge >= 0.3 is 0 Å². The highest BCUT2D eigenvalue weighted by Gasteiger charge is 2.25. The Morgan fingerprint density at radius 1 is 1.30 bits per heavy atom. The lowest BCUT2D eigenvalue weighted by molar-refractivity contribution is 0.103. The van der Waals surface area contributed by atoms with Crippen LogP contribution >= 0.6 is 11.6 Å². The quantitative estimate of drug-likeness (QED) is 0.792. The molecule has 0 saturated carbocycles. The molecule has 1 aromatic carbocycles. The second kappa shape index (κ2) is 7.76. The number of ketones is 1. The number of Topliss-reactive ketones (excluding diaryl/α,β-unsaturated/α-hetero) is 1. The summed E-state index contributed by atoms with van der Waals surface area (Å²) in [5.41, 5.74) is 3.68. The molecule has 2 aromatic rings. The fourth-order valence-corrected chi connectivity index (χ4v) is 2.95. The van der Waals surface area contributed by atoms with Crippen LogP contribution < -0.4 is 10.1 Å². The molecule has 1 N–H and O–H groups in total. The molecule has 3 rings (SSSR count). The van der Waals surface area contributed by atoms with Gasteiger partial charge in [-0.15, -0.1) is 0 Å². The summed E-state index contributed by atoms with van der Waals surface area (Å²) >= 11 is 6.12. The molecular weight excluding hydrogens is 362 g/mol. The van der Waals surface area contributed by atoms with Gasteiger partial charge in [0.1, 0.15) is 11.4 Å². The number of nitrogens with one attached hydrogen (secondary N) is 1. The fourth-order valence-electron chi connectivity index (χ4n) is 2.76. The summed E-state index contributed by atoms with van der Waals surface area (Å²) in [5.74, 6) is 0.372. The van der Waals surface area contributed by atoms with Gasteiger partial charge in [0.2, 0.25) is 5.78 Å². The van der Waals surface area contributed by atoms with Gasteiger partial charge in [-0.2, -0.15) is 0 Å². The van der Waals surface area contributed by atoms with Crippen molar-refractivity contribution in [3.05, 3.63) is 65.0 Å². The molecule has 0 radical (unpaired) electrons. The Balaban J connectivity index is 2.07. The van der Waals surface area contributed by atoms with Gasteiger partial charge < -0.3 is 10.1 Å². The van der Waals surface area contributed by atoms with Crippen LogP contribution in [0.1, 0.15) is 35.6 Å². The Bertz CT molecular complexity index is 977. The maximum absolute atomic E-state index is 12.4. The normalized spacial score (nSPS) is 14.8. The van der Waals surface area contributed by atoms with Crippen LogP contribution in [0.2, 0.25) is 0 Å². The van der Waals surface area contributed by atoms with Crippen LogP contribution in [0, 0.1) is 0 Å². The Hall–Kier alpha value is -2.92. The van der Waals surface area contributed by atoms with E-state index >= 15 is 0 Å². The van der Waals surface area contributed by atoms with Crippen LogP contribution in [-0.2, 0) is 0 Å². The standard InChI is InChI=1S/C21H20ClN3O2/c1-5-13-6-8-15-18(11-16(22)21(26)20(15)25-13)24-14-7-9-17(23-12(2)3)19(10-14)27-4/h5-12,23H,1H2,2-4H3. The highest BCUT2D eigenvalue weighted by Crippen LogP contribution is 2.31. The molecule has 138 valence electrons. The second-order valence-electron chi connectivity index (χ2n) is 6.34. The van der Waals surface area contributed by atoms with Crippen molar-refractivity contribution < 1.29 is 9.53 Å². The van der Waals surface area contributed by atoms with E-state index in [1.54, 1.807) is 25.3 Å². The predicted molar refractivity (Wildman–Crippen MR) is 111 cm³/mol. The van der Waals surface area contributed by atoms with Crippen LogP contribution in [0.25, 0.3) is 6.08 Å².